The molecule has 0 aliphatic carbocycles. The number of nitrogens with one attached hydrogen (secondary N) is 1. The number of carbonyl (C=O) groups is 3. The topological polar surface area (TPSA) is 94.6 Å². The van der Waals surface area contributed by atoms with Gasteiger partial charge >= 0.3 is 12.1 Å². The molecule has 2 amide bonds. The lowest BCUT2D eigenvalue weighted by Gasteiger charge is -2.09. The number of ether oxygens (including phenoxy) is 2. The van der Waals surface area contributed by atoms with Gasteiger partial charge in [-0.1, -0.05) is 30.3 Å². The summed E-state index contributed by atoms with van der Waals surface area (Å²) in [4.78, 5) is 38.7. The summed E-state index contributed by atoms with van der Waals surface area (Å²) in [5.74, 6) is -2.62. The van der Waals surface area contributed by atoms with E-state index >= 15 is 0 Å². The lowest BCUT2D eigenvalue weighted by atomic mass is 10.1. The van der Waals surface area contributed by atoms with E-state index in [4.69, 9.17) is 4.74 Å². The lowest BCUT2D eigenvalue weighted by Crippen LogP contribution is -2.35. The number of alkyl halides is 3. The molecule has 1 aromatic heterocycles. The minimum Gasteiger partial charge on any atom is -0.468 e. The van der Waals surface area contributed by atoms with Gasteiger partial charge in [-0.15, -0.1) is 0 Å². The van der Waals surface area contributed by atoms with Gasteiger partial charge in [-0.2, -0.15) is 13.2 Å². The van der Waals surface area contributed by atoms with E-state index in [0.29, 0.717) is 5.56 Å². The zero-order chi connectivity index (χ0) is 20.6. The predicted octanol–water partition coefficient (Wildman–Crippen LogP) is 2.06. The fourth-order valence-corrected chi connectivity index (χ4v) is 1.97. The Bertz CT molecular complexity index is 823. The molecule has 0 radical (unpaired) electrons. The normalized spacial score (nSPS) is 10.8. The molecule has 0 aliphatic heterocycles. The van der Waals surface area contributed by atoms with Gasteiger partial charge in [-0.25, -0.2) is 9.78 Å². The van der Waals surface area contributed by atoms with E-state index in [1.807, 2.05) is 0 Å². The molecule has 0 saturated heterocycles. The van der Waals surface area contributed by atoms with Gasteiger partial charge in [0.15, 0.2) is 13.2 Å². The Morgan fingerprint density at radius 3 is 2.32 bits per heavy atom. The number of pyridine rings is 1. The highest BCUT2D eigenvalue weighted by Crippen LogP contribution is 2.17. The van der Waals surface area contributed by atoms with Gasteiger partial charge in [-0.05, 0) is 11.6 Å². The minimum atomic E-state index is -4.51. The first-order valence-electron chi connectivity index (χ1n) is 7.92. The quantitative estimate of drug-likeness (QED) is 0.720. The second-order valence-corrected chi connectivity index (χ2v) is 5.50. The molecule has 0 aliphatic rings. The van der Waals surface area contributed by atoms with E-state index in [-0.39, 0.29) is 17.9 Å². The maximum absolute atomic E-state index is 12.0. The van der Waals surface area contributed by atoms with Crippen LogP contribution in [0.1, 0.15) is 15.9 Å². The molecule has 10 heteroatoms. The summed E-state index contributed by atoms with van der Waals surface area (Å²) in [7, 11) is 0. The number of esters is 1. The van der Waals surface area contributed by atoms with Crippen LogP contribution in [0.5, 0.6) is 5.88 Å². The van der Waals surface area contributed by atoms with Crippen LogP contribution in [-0.4, -0.2) is 42.2 Å². The summed E-state index contributed by atoms with van der Waals surface area (Å²) in [6.07, 6.45) is -3.57. The number of hydrogen-bond donors (Lipinski definition) is 1. The highest BCUT2D eigenvalue weighted by Gasteiger charge is 2.28. The van der Waals surface area contributed by atoms with Crippen molar-refractivity contribution >= 4 is 17.8 Å². The van der Waals surface area contributed by atoms with Crippen molar-refractivity contribution in [2.45, 2.75) is 12.6 Å². The molecular formula is C18H15F3N2O5. The van der Waals surface area contributed by atoms with Gasteiger partial charge in [0.05, 0.1) is 12.0 Å². The van der Waals surface area contributed by atoms with Gasteiger partial charge < -0.3 is 9.47 Å². The Hall–Kier alpha value is -3.43. The summed E-state index contributed by atoms with van der Waals surface area (Å²) < 4.78 is 45.3. The zero-order valence-corrected chi connectivity index (χ0v) is 14.4. The molecule has 7 nitrogen and oxygen atoms in total. The van der Waals surface area contributed by atoms with Gasteiger partial charge in [0.1, 0.15) is 0 Å². The molecular weight excluding hydrogens is 381 g/mol. The van der Waals surface area contributed by atoms with Crippen LogP contribution in [0.3, 0.4) is 0 Å². The van der Waals surface area contributed by atoms with E-state index in [1.54, 1.807) is 30.3 Å². The van der Waals surface area contributed by atoms with Crippen LogP contribution in [0.15, 0.2) is 48.7 Å². The number of nitrogens with zero attached hydrogens (tertiary/aromatic N) is 1. The van der Waals surface area contributed by atoms with Crippen molar-refractivity contribution in [3.63, 3.8) is 0 Å². The van der Waals surface area contributed by atoms with E-state index in [1.165, 1.54) is 0 Å². The zero-order valence-electron chi connectivity index (χ0n) is 14.4. The molecule has 0 fully saturated rings. The number of benzene rings is 1. The van der Waals surface area contributed by atoms with Crippen molar-refractivity contribution < 1.29 is 37.0 Å². The van der Waals surface area contributed by atoms with Crippen LogP contribution < -0.4 is 10.1 Å². The van der Waals surface area contributed by atoms with Crippen LogP contribution in [0.2, 0.25) is 0 Å². The van der Waals surface area contributed by atoms with Crippen molar-refractivity contribution in [1.82, 2.24) is 10.3 Å². The van der Waals surface area contributed by atoms with Crippen LogP contribution in [0.4, 0.5) is 13.2 Å². The van der Waals surface area contributed by atoms with E-state index < -0.39 is 37.2 Å². The first-order chi connectivity index (χ1) is 13.2. The Morgan fingerprint density at radius 2 is 1.71 bits per heavy atom. The molecule has 1 N–H and O–H groups in total. The Labute approximate surface area is 157 Å². The first kappa shape index (κ1) is 20.9. The average molecular weight is 396 g/mol. The third-order valence-corrected chi connectivity index (χ3v) is 3.18. The molecule has 1 aromatic carbocycles. The van der Waals surface area contributed by atoms with Crippen LogP contribution in [0.25, 0.3) is 0 Å². The highest BCUT2D eigenvalue weighted by molar-refractivity contribution is 5.98. The number of rotatable bonds is 7. The number of aromatic nitrogens is 1. The number of hydrogen-bond acceptors (Lipinski definition) is 6. The molecule has 1 heterocycles. The monoisotopic (exact) mass is 396 g/mol. The molecule has 2 rings (SSSR count). The molecule has 0 bridgehead atoms. The van der Waals surface area contributed by atoms with E-state index in [2.05, 4.69) is 15.0 Å². The first-order valence-corrected chi connectivity index (χ1v) is 7.92. The van der Waals surface area contributed by atoms with Gasteiger partial charge in [-0.3, -0.25) is 14.9 Å². The third-order valence-electron chi connectivity index (χ3n) is 3.18. The molecule has 0 saturated carbocycles. The molecule has 0 unspecified atom stereocenters. The summed E-state index contributed by atoms with van der Waals surface area (Å²) in [5, 5.41) is 2.08. The summed E-state index contributed by atoms with van der Waals surface area (Å²) in [6.45, 7) is -2.22. The van der Waals surface area contributed by atoms with E-state index in [0.717, 1.165) is 18.3 Å². The highest BCUT2D eigenvalue weighted by atomic mass is 19.4. The Balaban J connectivity index is 1.76. The molecule has 148 valence electrons. The number of carbonyl (C=O) groups excluding carboxylic acids is 3. The van der Waals surface area contributed by atoms with Crippen molar-refractivity contribution in [3.8, 4) is 5.88 Å². The van der Waals surface area contributed by atoms with Crippen molar-refractivity contribution in [2.24, 2.45) is 0 Å². The average Bonchev–Trinajstić information content (AvgIpc) is 2.65. The second kappa shape index (κ2) is 9.49. The Morgan fingerprint density at radius 1 is 1.00 bits per heavy atom. The standard InChI is InChI=1S/C18H15F3N2O5/c19-18(20,21)11-28-16-7-6-13(9-22-16)17(26)27-10-15(25)23-14(24)8-12-4-2-1-3-5-12/h1-7,9H,8,10-11H2,(H,23,24,25). The maximum Gasteiger partial charge on any atom is 0.422 e. The van der Waals surface area contributed by atoms with Gasteiger partial charge in [0.25, 0.3) is 5.91 Å². The molecule has 28 heavy (non-hydrogen) atoms. The van der Waals surface area contributed by atoms with Crippen LogP contribution in [0, 0.1) is 0 Å². The number of imide groups is 1. The van der Waals surface area contributed by atoms with Crippen molar-refractivity contribution in [3.05, 3.63) is 59.8 Å². The lowest BCUT2D eigenvalue weighted by molar-refractivity contribution is -0.154. The van der Waals surface area contributed by atoms with Crippen LogP contribution >= 0.6 is 0 Å². The molecule has 0 spiro atoms. The maximum atomic E-state index is 12.0. The van der Waals surface area contributed by atoms with Crippen molar-refractivity contribution in [2.75, 3.05) is 13.2 Å². The fraction of sp³-hybridized carbons (Fsp3) is 0.222. The van der Waals surface area contributed by atoms with Crippen molar-refractivity contribution in [1.29, 1.82) is 0 Å². The second-order valence-electron chi connectivity index (χ2n) is 5.50. The molecule has 0 atom stereocenters. The number of halogens is 3. The fourth-order valence-electron chi connectivity index (χ4n) is 1.97. The largest absolute Gasteiger partial charge is 0.468 e. The summed E-state index contributed by atoms with van der Waals surface area (Å²) in [6, 6.07) is 10.9. The number of amides is 2. The summed E-state index contributed by atoms with van der Waals surface area (Å²) >= 11 is 0. The smallest absolute Gasteiger partial charge is 0.422 e. The predicted molar refractivity (Wildman–Crippen MR) is 89.4 cm³/mol. The van der Waals surface area contributed by atoms with Crippen LogP contribution in [-0.2, 0) is 20.7 Å². The van der Waals surface area contributed by atoms with Gasteiger partial charge in [0.2, 0.25) is 11.8 Å². The molecule has 2 aromatic rings. The Kier molecular flexibility index (Phi) is 7.08. The SMILES string of the molecule is O=C(COC(=O)c1ccc(OCC(F)(F)F)nc1)NC(=O)Cc1ccccc1. The summed E-state index contributed by atoms with van der Waals surface area (Å²) in [5.41, 5.74) is 0.617. The minimum absolute atomic E-state index is 0.0101. The van der Waals surface area contributed by atoms with Gasteiger partial charge in [0, 0.05) is 12.3 Å². The van der Waals surface area contributed by atoms with E-state index in [9.17, 15) is 27.6 Å². The third kappa shape index (κ3) is 7.44.